The minimum atomic E-state index is -4.69. The number of nitro benzene ring substituents is 1. The Hall–Kier alpha value is -5.96. The number of nitriles is 1. The molecule has 0 aliphatic carbocycles. The standard InChI is InChI=1S/C32H21F3N4O5/c1-20-29(28-8-3-2-7-27(28)22-11-9-21(18-36)10-12-22)19-37(31(41)44-26-15-13-24(14-16-26)39(42)43)30(40)38(20)25-6-4-5-23(17-25)32(33,34)35/h2-17H,19H2,1H3. The Bertz CT molecular complexity index is 1850. The molecule has 0 spiro atoms. The number of nitrogens with zero attached hydrogens (tertiary/aromatic N) is 4. The Labute approximate surface area is 248 Å². The molecule has 0 aromatic heterocycles. The molecule has 220 valence electrons. The number of anilines is 1. The van der Waals surface area contributed by atoms with Crippen LogP contribution in [0.2, 0.25) is 0 Å². The van der Waals surface area contributed by atoms with E-state index in [9.17, 15) is 38.1 Å². The van der Waals surface area contributed by atoms with Gasteiger partial charge in [0.15, 0.2) is 0 Å². The van der Waals surface area contributed by atoms with E-state index in [4.69, 9.17) is 4.74 Å². The number of ether oxygens (including phenoxy) is 1. The maximum Gasteiger partial charge on any atom is 0.423 e. The summed E-state index contributed by atoms with van der Waals surface area (Å²) in [6.07, 6.45) is -5.83. The van der Waals surface area contributed by atoms with Crippen LogP contribution in [0.3, 0.4) is 0 Å². The van der Waals surface area contributed by atoms with Crippen molar-refractivity contribution in [2.75, 3.05) is 11.4 Å². The van der Waals surface area contributed by atoms with Crippen LogP contribution in [0.15, 0.2) is 103 Å². The summed E-state index contributed by atoms with van der Waals surface area (Å²) in [5, 5.41) is 20.2. The van der Waals surface area contributed by atoms with Crippen LogP contribution in [0.1, 0.15) is 23.6 Å². The number of imide groups is 1. The highest BCUT2D eigenvalue weighted by atomic mass is 19.4. The lowest BCUT2D eigenvalue weighted by atomic mass is 9.91. The first kappa shape index (κ1) is 29.5. The van der Waals surface area contributed by atoms with Gasteiger partial charge in [0.05, 0.1) is 34.4 Å². The number of rotatable bonds is 5. The predicted octanol–water partition coefficient (Wildman–Crippen LogP) is 8.02. The molecule has 0 unspecified atom stereocenters. The van der Waals surface area contributed by atoms with Crippen molar-refractivity contribution in [1.29, 1.82) is 5.26 Å². The van der Waals surface area contributed by atoms with E-state index < -0.39 is 28.8 Å². The number of hydrogen-bond acceptors (Lipinski definition) is 6. The molecule has 5 rings (SSSR count). The summed E-state index contributed by atoms with van der Waals surface area (Å²) < 4.78 is 46.3. The first-order valence-electron chi connectivity index (χ1n) is 13.0. The van der Waals surface area contributed by atoms with Crippen molar-refractivity contribution in [1.82, 2.24) is 4.90 Å². The molecule has 12 heteroatoms. The average Bonchev–Trinajstić information content (AvgIpc) is 3.01. The number of carbonyl (C=O) groups excluding carboxylic acids is 2. The van der Waals surface area contributed by atoms with Crippen molar-refractivity contribution in [3.8, 4) is 22.9 Å². The number of halogens is 3. The fourth-order valence-electron chi connectivity index (χ4n) is 4.80. The number of non-ortho nitro benzene ring substituents is 1. The molecule has 0 saturated heterocycles. The fourth-order valence-corrected chi connectivity index (χ4v) is 4.80. The third-order valence-electron chi connectivity index (χ3n) is 6.99. The number of urea groups is 1. The van der Waals surface area contributed by atoms with Crippen LogP contribution < -0.4 is 9.64 Å². The van der Waals surface area contributed by atoms with Crippen molar-refractivity contribution in [2.24, 2.45) is 0 Å². The van der Waals surface area contributed by atoms with Crippen molar-refractivity contribution >= 4 is 29.1 Å². The van der Waals surface area contributed by atoms with Gasteiger partial charge in [0.25, 0.3) is 5.69 Å². The number of amides is 3. The van der Waals surface area contributed by atoms with E-state index in [0.717, 1.165) is 45.7 Å². The molecule has 9 nitrogen and oxygen atoms in total. The lowest BCUT2D eigenvalue weighted by Crippen LogP contribution is -2.51. The van der Waals surface area contributed by atoms with Gasteiger partial charge in [-0.15, -0.1) is 0 Å². The number of allylic oxidation sites excluding steroid dienone is 1. The van der Waals surface area contributed by atoms with Gasteiger partial charge in [-0.05, 0) is 71.7 Å². The molecule has 0 saturated carbocycles. The van der Waals surface area contributed by atoms with Crippen LogP contribution in [-0.2, 0) is 6.18 Å². The Morgan fingerprint density at radius 3 is 2.23 bits per heavy atom. The lowest BCUT2D eigenvalue weighted by molar-refractivity contribution is -0.384. The third kappa shape index (κ3) is 5.84. The average molecular weight is 599 g/mol. The summed E-state index contributed by atoms with van der Waals surface area (Å²) in [6, 6.07) is 23.8. The summed E-state index contributed by atoms with van der Waals surface area (Å²) in [4.78, 5) is 39.3. The molecular weight excluding hydrogens is 577 g/mol. The van der Waals surface area contributed by atoms with E-state index >= 15 is 0 Å². The Balaban J connectivity index is 1.62. The molecule has 1 aliphatic rings. The third-order valence-corrected chi connectivity index (χ3v) is 6.99. The molecule has 0 radical (unpaired) electrons. The second-order valence-electron chi connectivity index (χ2n) is 9.67. The number of carbonyl (C=O) groups is 2. The van der Waals surface area contributed by atoms with E-state index in [0.29, 0.717) is 22.3 Å². The van der Waals surface area contributed by atoms with Crippen LogP contribution in [-0.4, -0.2) is 28.5 Å². The van der Waals surface area contributed by atoms with Crippen molar-refractivity contribution < 1.29 is 32.4 Å². The fraction of sp³-hybridized carbons (Fsp3) is 0.0938. The van der Waals surface area contributed by atoms with E-state index in [-0.39, 0.29) is 29.4 Å². The second-order valence-corrected chi connectivity index (χ2v) is 9.67. The molecule has 0 fully saturated rings. The number of benzene rings is 4. The summed E-state index contributed by atoms with van der Waals surface area (Å²) >= 11 is 0. The number of nitro groups is 1. The van der Waals surface area contributed by atoms with Gasteiger partial charge >= 0.3 is 18.3 Å². The van der Waals surface area contributed by atoms with Gasteiger partial charge in [-0.1, -0.05) is 42.5 Å². The normalized spacial score (nSPS) is 13.5. The predicted molar refractivity (Wildman–Crippen MR) is 154 cm³/mol. The van der Waals surface area contributed by atoms with E-state index in [1.165, 1.54) is 18.2 Å². The van der Waals surface area contributed by atoms with Gasteiger partial charge in [-0.3, -0.25) is 15.0 Å². The molecule has 1 aliphatic heterocycles. The van der Waals surface area contributed by atoms with Gasteiger partial charge < -0.3 is 4.74 Å². The van der Waals surface area contributed by atoms with Crippen molar-refractivity contribution in [3.05, 3.63) is 130 Å². The molecule has 44 heavy (non-hydrogen) atoms. The van der Waals surface area contributed by atoms with Gasteiger partial charge in [0.1, 0.15) is 5.75 Å². The highest BCUT2D eigenvalue weighted by Crippen LogP contribution is 2.39. The Morgan fingerprint density at radius 2 is 1.61 bits per heavy atom. The second kappa shape index (κ2) is 11.7. The quantitative estimate of drug-likeness (QED) is 0.170. The van der Waals surface area contributed by atoms with Gasteiger partial charge in [0.2, 0.25) is 0 Å². The van der Waals surface area contributed by atoms with Crippen LogP contribution in [0.5, 0.6) is 5.75 Å². The molecule has 0 N–H and O–H groups in total. The lowest BCUT2D eigenvalue weighted by Gasteiger charge is -2.37. The molecule has 1 heterocycles. The molecule has 4 aromatic carbocycles. The minimum Gasteiger partial charge on any atom is -0.410 e. The number of hydrogen-bond donors (Lipinski definition) is 0. The maximum absolute atomic E-state index is 13.8. The highest BCUT2D eigenvalue weighted by molar-refractivity contribution is 6.08. The summed E-state index contributed by atoms with van der Waals surface area (Å²) in [6.45, 7) is 1.28. The van der Waals surface area contributed by atoms with Crippen LogP contribution >= 0.6 is 0 Å². The first-order valence-corrected chi connectivity index (χ1v) is 13.0. The van der Waals surface area contributed by atoms with Crippen molar-refractivity contribution in [2.45, 2.75) is 13.1 Å². The summed E-state index contributed by atoms with van der Waals surface area (Å²) in [7, 11) is 0. The van der Waals surface area contributed by atoms with E-state index in [2.05, 4.69) is 6.07 Å². The minimum absolute atomic E-state index is 0.0789. The smallest absolute Gasteiger partial charge is 0.410 e. The zero-order valence-corrected chi connectivity index (χ0v) is 22.9. The van der Waals surface area contributed by atoms with Gasteiger partial charge in [-0.25, -0.2) is 14.5 Å². The molecule has 0 atom stereocenters. The summed E-state index contributed by atoms with van der Waals surface area (Å²) in [5.74, 6) is -0.0789. The zero-order chi connectivity index (χ0) is 31.6. The maximum atomic E-state index is 13.8. The molecule has 3 amide bonds. The van der Waals surface area contributed by atoms with E-state index in [1.54, 1.807) is 49.4 Å². The van der Waals surface area contributed by atoms with Crippen LogP contribution in [0, 0.1) is 21.4 Å². The van der Waals surface area contributed by atoms with E-state index in [1.807, 2.05) is 6.07 Å². The van der Waals surface area contributed by atoms with Gasteiger partial charge in [-0.2, -0.15) is 18.4 Å². The number of alkyl halides is 3. The van der Waals surface area contributed by atoms with Crippen LogP contribution in [0.4, 0.5) is 34.1 Å². The SMILES string of the molecule is CC1=C(c2ccccc2-c2ccc(C#N)cc2)CN(C(=O)Oc2ccc([N+](=O)[O-])cc2)C(=O)N1c1cccc(C(F)(F)F)c1. The molecule has 4 aromatic rings. The van der Waals surface area contributed by atoms with Crippen LogP contribution in [0.25, 0.3) is 16.7 Å². The molecule has 0 bridgehead atoms. The molecular formula is C32H21F3N4O5. The zero-order valence-electron chi connectivity index (χ0n) is 22.9. The highest BCUT2D eigenvalue weighted by Gasteiger charge is 2.39. The van der Waals surface area contributed by atoms with Gasteiger partial charge in [0, 0.05) is 17.8 Å². The Kier molecular flexibility index (Phi) is 7.87. The summed E-state index contributed by atoms with van der Waals surface area (Å²) in [5.41, 5.74) is 1.83. The monoisotopic (exact) mass is 598 g/mol. The topological polar surface area (TPSA) is 117 Å². The largest absolute Gasteiger partial charge is 0.423 e. The first-order chi connectivity index (χ1) is 21.0. The van der Waals surface area contributed by atoms with Crippen molar-refractivity contribution in [3.63, 3.8) is 0 Å². The Morgan fingerprint density at radius 1 is 0.955 bits per heavy atom.